The molecule has 0 saturated carbocycles. The van der Waals surface area contributed by atoms with Crippen LogP contribution in [-0.2, 0) is 0 Å². The lowest BCUT2D eigenvalue weighted by Crippen LogP contribution is -1.91. The summed E-state index contributed by atoms with van der Waals surface area (Å²) in [6.45, 7) is 0. The molecule has 1 aromatic carbocycles. The standard InChI is InChI=1S/C12H11NO4/c1-15-10-4-3-8(5-11(10)16-2)12-13-9(6-14)7-17-12/h3-7H,1-2H3. The molecule has 0 aliphatic rings. The molecule has 0 unspecified atom stereocenters. The van der Waals surface area contributed by atoms with Crippen LogP contribution in [0.5, 0.6) is 11.5 Å². The van der Waals surface area contributed by atoms with E-state index < -0.39 is 0 Å². The lowest BCUT2D eigenvalue weighted by atomic mass is 10.2. The van der Waals surface area contributed by atoms with E-state index in [1.165, 1.54) is 6.26 Å². The summed E-state index contributed by atoms with van der Waals surface area (Å²) in [7, 11) is 3.11. The number of aromatic nitrogens is 1. The van der Waals surface area contributed by atoms with Crippen molar-refractivity contribution in [2.75, 3.05) is 14.2 Å². The van der Waals surface area contributed by atoms with Crippen molar-refractivity contribution in [2.45, 2.75) is 0 Å². The highest BCUT2D eigenvalue weighted by Gasteiger charge is 2.10. The van der Waals surface area contributed by atoms with Crippen LogP contribution < -0.4 is 9.47 Å². The second kappa shape index (κ2) is 4.69. The normalized spacial score (nSPS) is 10.0. The number of methoxy groups -OCH3 is 2. The predicted molar refractivity (Wildman–Crippen MR) is 60.4 cm³/mol. The third-order valence-corrected chi connectivity index (χ3v) is 2.27. The maximum Gasteiger partial charge on any atom is 0.226 e. The smallest absolute Gasteiger partial charge is 0.226 e. The van der Waals surface area contributed by atoms with Crippen molar-refractivity contribution in [1.82, 2.24) is 4.98 Å². The van der Waals surface area contributed by atoms with Gasteiger partial charge in [-0.15, -0.1) is 0 Å². The summed E-state index contributed by atoms with van der Waals surface area (Å²) >= 11 is 0. The van der Waals surface area contributed by atoms with Gasteiger partial charge in [-0.05, 0) is 18.2 Å². The number of carbonyl (C=O) groups is 1. The molecule has 0 atom stereocenters. The molecule has 2 rings (SSSR count). The van der Waals surface area contributed by atoms with Gasteiger partial charge < -0.3 is 13.9 Å². The van der Waals surface area contributed by atoms with Gasteiger partial charge in [-0.2, -0.15) is 0 Å². The first-order valence-corrected chi connectivity index (χ1v) is 4.91. The van der Waals surface area contributed by atoms with E-state index >= 15 is 0 Å². The van der Waals surface area contributed by atoms with Gasteiger partial charge in [0.05, 0.1) is 14.2 Å². The predicted octanol–water partition coefficient (Wildman–Crippen LogP) is 2.17. The number of hydrogen-bond acceptors (Lipinski definition) is 5. The fraction of sp³-hybridized carbons (Fsp3) is 0.167. The molecule has 0 saturated heterocycles. The Kier molecular flexibility index (Phi) is 3.09. The third kappa shape index (κ3) is 2.13. The van der Waals surface area contributed by atoms with Crippen molar-refractivity contribution in [2.24, 2.45) is 0 Å². The molecule has 0 aliphatic heterocycles. The fourth-order valence-electron chi connectivity index (χ4n) is 1.44. The highest BCUT2D eigenvalue weighted by atomic mass is 16.5. The SMILES string of the molecule is COc1ccc(-c2nc(C=O)co2)cc1OC. The van der Waals surface area contributed by atoms with Crippen molar-refractivity contribution in [1.29, 1.82) is 0 Å². The highest BCUT2D eigenvalue weighted by Crippen LogP contribution is 2.31. The van der Waals surface area contributed by atoms with Crippen molar-refractivity contribution in [3.8, 4) is 23.0 Å². The summed E-state index contributed by atoms with van der Waals surface area (Å²) in [6.07, 6.45) is 1.94. The second-order valence-corrected chi connectivity index (χ2v) is 3.27. The minimum Gasteiger partial charge on any atom is -0.493 e. The first-order valence-electron chi connectivity index (χ1n) is 4.91. The quantitative estimate of drug-likeness (QED) is 0.757. The maximum atomic E-state index is 10.5. The summed E-state index contributed by atoms with van der Waals surface area (Å²) in [5.74, 6) is 1.57. The molecule has 0 bridgehead atoms. The molecule has 17 heavy (non-hydrogen) atoms. The largest absolute Gasteiger partial charge is 0.493 e. The van der Waals surface area contributed by atoms with Gasteiger partial charge >= 0.3 is 0 Å². The molecule has 5 nitrogen and oxygen atoms in total. The minimum absolute atomic E-state index is 0.259. The molecule has 0 amide bonds. The summed E-state index contributed by atoms with van der Waals surface area (Å²) in [4.78, 5) is 14.5. The molecular formula is C12H11NO4. The third-order valence-electron chi connectivity index (χ3n) is 2.27. The van der Waals surface area contributed by atoms with Crippen LogP contribution >= 0.6 is 0 Å². The van der Waals surface area contributed by atoms with E-state index in [4.69, 9.17) is 13.9 Å². The van der Waals surface area contributed by atoms with Crippen LogP contribution in [0.3, 0.4) is 0 Å². The van der Waals surface area contributed by atoms with Gasteiger partial charge in [0, 0.05) is 5.56 Å². The van der Waals surface area contributed by atoms with E-state index in [2.05, 4.69) is 4.98 Å². The van der Waals surface area contributed by atoms with Crippen LogP contribution in [0, 0.1) is 0 Å². The summed E-state index contributed by atoms with van der Waals surface area (Å²) < 4.78 is 15.5. The Labute approximate surface area is 98.0 Å². The van der Waals surface area contributed by atoms with E-state index in [-0.39, 0.29) is 5.69 Å². The van der Waals surface area contributed by atoms with Gasteiger partial charge in [0.2, 0.25) is 5.89 Å². The van der Waals surface area contributed by atoms with Crippen LogP contribution in [0.2, 0.25) is 0 Å². The second-order valence-electron chi connectivity index (χ2n) is 3.27. The molecule has 5 heteroatoms. The average molecular weight is 233 g/mol. The molecule has 0 spiro atoms. The molecule has 0 aliphatic carbocycles. The van der Waals surface area contributed by atoms with Crippen LogP contribution in [0.4, 0.5) is 0 Å². The number of aldehydes is 1. The lowest BCUT2D eigenvalue weighted by Gasteiger charge is -2.07. The van der Waals surface area contributed by atoms with Gasteiger partial charge in [0.1, 0.15) is 12.0 Å². The van der Waals surface area contributed by atoms with Gasteiger partial charge in [0.25, 0.3) is 0 Å². The number of hydrogen-bond donors (Lipinski definition) is 0. The first kappa shape index (κ1) is 11.2. The van der Waals surface area contributed by atoms with Crippen LogP contribution in [-0.4, -0.2) is 25.5 Å². The van der Waals surface area contributed by atoms with Gasteiger partial charge in [-0.3, -0.25) is 4.79 Å². The Balaban J connectivity index is 2.42. The number of oxazole rings is 1. The Morgan fingerprint density at radius 1 is 1.24 bits per heavy atom. The first-order chi connectivity index (χ1) is 8.28. The topological polar surface area (TPSA) is 61.6 Å². The number of ether oxygens (including phenoxy) is 2. The van der Waals surface area contributed by atoms with E-state index in [0.29, 0.717) is 23.7 Å². The number of rotatable bonds is 4. The Hall–Kier alpha value is -2.30. The molecule has 0 fully saturated rings. The van der Waals surface area contributed by atoms with E-state index in [1.54, 1.807) is 32.4 Å². The van der Waals surface area contributed by atoms with E-state index in [1.807, 2.05) is 0 Å². The van der Waals surface area contributed by atoms with Crippen LogP contribution in [0.15, 0.2) is 28.9 Å². The number of nitrogens with zero attached hydrogens (tertiary/aromatic N) is 1. The van der Waals surface area contributed by atoms with Crippen LogP contribution in [0.1, 0.15) is 10.5 Å². The van der Waals surface area contributed by atoms with E-state index in [0.717, 1.165) is 5.56 Å². The summed E-state index contributed by atoms with van der Waals surface area (Å²) in [5, 5.41) is 0. The molecule has 0 N–H and O–H groups in total. The Morgan fingerprint density at radius 3 is 2.59 bits per heavy atom. The number of benzene rings is 1. The molecule has 2 aromatic rings. The van der Waals surface area contributed by atoms with Crippen molar-refractivity contribution in [3.63, 3.8) is 0 Å². The zero-order valence-corrected chi connectivity index (χ0v) is 9.47. The van der Waals surface area contributed by atoms with E-state index in [9.17, 15) is 4.79 Å². The van der Waals surface area contributed by atoms with Crippen molar-refractivity contribution < 1.29 is 18.7 Å². The fourth-order valence-corrected chi connectivity index (χ4v) is 1.44. The zero-order chi connectivity index (χ0) is 12.3. The molecule has 1 aromatic heterocycles. The zero-order valence-electron chi connectivity index (χ0n) is 9.47. The Morgan fingerprint density at radius 2 is 2.00 bits per heavy atom. The highest BCUT2D eigenvalue weighted by molar-refractivity contribution is 5.72. The minimum atomic E-state index is 0.259. The number of carbonyl (C=O) groups excluding carboxylic acids is 1. The Bertz CT molecular complexity index is 533. The van der Waals surface area contributed by atoms with Gasteiger partial charge in [-0.25, -0.2) is 4.98 Å². The van der Waals surface area contributed by atoms with Crippen molar-refractivity contribution in [3.05, 3.63) is 30.2 Å². The lowest BCUT2D eigenvalue weighted by molar-refractivity contribution is 0.111. The average Bonchev–Trinajstić information content (AvgIpc) is 2.86. The summed E-state index contributed by atoms with van der Waals surface area (Å²) in [5.41, 5.74) is 0.977. The van der Waals surface area contributed by atoms with Gasteiger partial charge in [-0.1, -0.05) is 0 Å². The molecule has 1 heterocycles. The van der Waals surface area contributed by atoms with Crippen molar-refractivity contribution >= 4 is 6.29 Å². The monoisotopic (exact) mass is 233 g/mol. The van der Waals surface area contributed by atoms with Gasteiger partial charge in [0.15, 0.2) is 17.8 Å². The summed E-state index contributed by atoms with van der Waals surface area (Å²) in [6, 6.07) is 5.26. The molecular weight excluding hydrogens is 222 g/mol. The molecule has 88 valence electrons. The maximum absolute atomic E-state index is 10.5. The molecule has 0 radical (unpaired) electrons. The van der Waals surface area contributed by atoms with Crippen LogP contribution in [0.25, 0.3) is 11.5 Å².